The highest BCUT2D eigenvalue weighted by atomic mass is 31.2. The molecule has 8 nitrogen and oxygen atoms in total. The molecule has 0 aliphatic carbocycles. The van der Waals surface area contributed by atoms with Crippen LogP contribution < -0.4 is 11.1 Å². The lowest BCUT2D eigenvalue weighted by atomic mass is 10.1. The summed E-state index contributed by atoms with van der Waals surface area (Å²) in [5.41, 5.74) is 5.37. The van der Waals surface area contributed by atoms with Crippen molar-refractivity contribution in [3.05, 3.63) is 85.1 Å². The summed E-state index contributed by atoms with van der Waals surface area (Å²) in [7, 11) is -4.36. The van der Waals surface area contributed by atoms with E-state index in [0.29, 0.717) is 6.42 Å². The van der Waals surface area contributed by atoms with E-state index in [9.17, 15) is 19.4 Å². The van der Waals surface area contributed by atoms with E-state index >= 15 is 0 Å². The van der Waals surface area contributed by atoms with Crippen LogP contribution in [0.25, 0.3) is 0 Å². The van der Waals surface area contributed by atoms with Gasteiger partial charge < -0.3 is 21.1 Å². The maximum Gasteiger partial charge on any atom is 0.472 e. The summed E-state index contributed by atoms with van der Waals surface area (Å²) in [5.74, 6) is -0.235. The van der Waals surface area contributed by atoms with Crippen molar-refractivity contribution in [3.8, 4) is 0 Å². The van der Waals surface area contributed by atoms with E-state index in [1.165, 1.54) is 64.2 Å². The van der Waals surface area contributed by atoms with Crippen LogP contribution in [0.1, 0.15) is 168 Å². The molecule has 0 bridgehead atoms. The van der Waals surface area contributed by atoms with Crippen molar-refractivity contribution in [3.63, 3.8) is 0 Å². The Morgan fingerprint density at radius 2 is 1.07 bits per heavy atom. The molecule has 3 atom stereocenters. The zero-order valence-corrected chi connectivity index (χ0v) is 35.8. The second-order valence-electron chi connectivity index (χ2n) is 14.1. The fourth-order valence-corrected chi connectivity index (χ4v) is 6.44. The number of carbonyl (C=O) groups is 1. The molecule has 0 heterocycles. The summed E-state index contributed by atoms with van der Waals surface area (Å²) < 4.78 is 22.1. The molecule has 0 saturated heterocycles. The Hall–Kier alpha value is -2.32. The van der Waals surface area contributed by atoms with E-state index in [0.717, 1.165) is 83.5 Å². The monoisotopic (exact) mass is 789 g/mol. The number of phosphoric acid groups is 1. The number of nitrogens with two attached hydrogens (primary N) is 1. The van der Waals surface area contributed by atoms with Crippen molar-refractivity contribution in [2.24, 2.45) is 5.73 Å². The third kappa shape index (κ3) is 39.7. The number of hydrogen-bond donors (Lipinski definition) is 4. The molecule has 0 spiro atoms. The summed E-state index contributed by atoms with van der Waals surface area (Å²) in [6.07, 6.45) is 54.9. The molecule has 1 amide bonds. The second-order valence-corrected chi connectivity index (χ2v) is 15.6. The topological polar surface area (TPSA) is 131 Å². The smallest absolute Gasteiger partial charge is 0.387 e. The zero-order chi connectivity index (χ0) is 40.3. The Bertz CT molecular complexity index is 1130. The molecule has 0 radical (unpaired) electrons. The van der Waals surface area contributed by atoms with Gasteiger partial charge >= 0.3 is 7.82 Å². The highest BCUT2D eigenvalue weighted by molar-refractivity contribution is 7.47. The molecule has 9 heteroatoms. The molecule has 55 heavy (non-hydrogen) atoms. The fraction of sp³-hybridized carbons (Fsp3) is 0.674. The lowest BCUT2D eigenvalue weighted by Crippen LogP contribution is -2.45. The number of aliphatic hydroxyl groups excluding tert-OH is 1. The van der Waals surface area contributed by atoms with Crippen LogP contribution in [-0.4, -0.2) is 47.8 Å². The Kier molecular flexibility index (Phi) is 39.6. The minimum Gasteiger partial charge on any atom is -0.387 e. The molecule has 0 rings (SSSR count). The Morgan fingerprint density at radius 3 is 1.62 bits per heavy atom. The van der Waals surface area contributed by atoms with Crippen molar-refractivity contribution in [1.82, 2.24) is 5.32 Å². The van der Waals surface area contributed by atoms with Crippen LogP contribution in [0.2, 0.25) is 0 Å². The minimum absolute atomic E-state index is 0.0629. The van der Waals surface area contributed by atoms with E-state index in [4.69, 9.17) is 14.8 Å². The molecule has 3 unspecified atom stereocenters. The summed E-state index contributed by atoms with van der Waals surface area (Å²) in [6.45, 7) is 3.95. The van der Waals surface area contributed by atoms with Crippen molar-refractivity contribution in [2.75, 3.05) is 19.8 Å². The Labute approximate surface area is 337 Å². The van der Waals surface area contributed by atoms with Gasteiger partial charge in [-0.1, -0.05) is 163 Å². The minimum atomic E-state index is -4.36. The van der Waals surface area contributed by atoms with Crippen molar-refractivity contribution in [2.45, 2.75) is 180 Å². The van der Waals surface area contributed by atoms with Crippen molar-refractivity contribution in [1.29, 1.82) is 0 Å². The van der Waals surface area contributed by atoms with E-state index in [1.54, 1.807) is 6.08 Å². The molecule has 5 N–H and O–H groups in total. The van der Waals surface area contributed by atoms with Crippen LogP contribution in [0.15, 0.2) is 85.1 Å². The van der Waals surface area contributed by atoms with Gasteiger partial charge in [0.2, 0.25) is 5.91 Å². The van der Waals surface area contributed by atoms with Gasteiger partial charge in [0.15, 0.2) is 0 Å². The van der Waals surface area contributed by atoms with E-state index in [-0.39, 0.29) is 25.7 Å². The van der Waals surface area contributed by atoms with Gasteiger partial charge in [-0.15, -0.1) is 0 Å². The molecule has 0 aliphatic heterocycles. The number of aliphatic hydroxyl groups is 1. The standard InChI is InChI=1S/C46H81N2O6P/c1-3-5-7-9-11-13-15-17-19-21-22-24-25-27-29-31-33-35-37-39-45(49)44(43-54-55(51,52)53-42-41-47)48-46(50)40-38-36-34-32-30-28-26-23-20-18-16-14-12-10-8-6-4-2/h6,8,12,14,18,20,22,24,26,28-29,31,37,39,44-45,49H,3-5,7,9-11,13,15-17,19,21,23,25,27,30,32-36,38,40-43,47H2,1-2H3,(H,48,50)(H,51,52)/b8-6-,14-12-,20-18-,24-22+,28-26-,31-29+,39-37+. The summed E-state index contributed by atoms with van der Waals surface area (Å²) in [4.78, 5) is 22.7. The number of nitrogens with one attached hydrogen (secondary N) is 1. The average molecular weight is 789 g/mol. The van der Waals surface area contributed by atoms with Gasteiger partial charge in [-0.05, 0) is 83.5 Å². The van der Waals surface area contributed by atoms with Crippen molar-refractivity contribution < 1.29 is 28.4 Å². The summed E-state index contributed by atoms with van der Waals surface area (Å²) in [6, 6.07) is -0.901. The molecule has 0 fully saturated rings. The number of rotatable bonds is 39. The SMILES string of the molecule is CC/C=C\C/C=C\C/C=C\C/C=C\CCCCCCC(=O)NC(COP(=O)(O)OCCN)C(O)/C=C/CC/C=C/CC/C=C/CCCCCCCCCCC. The quantitative estimate of drug-likeness (QED) is 0.0277. The Balaban J connectivity index is 4.37. The number of allylic oxidation sites excluding steroid dienone is 13. The number of phosphoric ester groups is 1. The van der Waals surface area contributed by atoms with Gasteiger partial charge in [-0.25, -0.2) is 4.57 Å². The molecular formula is C46H81N2O6P. The van der Waals surface area contributed by atoms with Gasteiger partial charge in [0.1, 0.15) is 0 Å². The van der Waals surface area contributed by atoms with Crippen molar-refractivity contribution >= 4 is 13.7 Å². The van der Waals surface area contributed by atoms with Gasteiger partial charge in [-0.3, -0.25) is 13.8 Å². The molecule has 0 saturated carbocycles. The van der Waals surface area contributed by atoms with Crippen LogP contribution >= 0.6 is 7.82 Å². The molecule has 0 aliphatic rings. The van der Waals surface area contributed by atoms with Crippen LogP contribution in [0.5, 0.6) is 0 Å². The normalized spacial score (nSPS) is 14.9. The highest BCUT2D eigenvalue weighted by Gasteiger charge is 2.26. The average Bonchev–Trinajstić information content (AvgIpc) is 3.17. The van der Waals surface area contributed by atoms with Gasteiger partial charge in [0.05, 0.1) is 25.4 Å². The van der Waals surface area contributed by atoms with Gasteiger partial charge in [0, 0.05) is 13.0 Å². The third-order valence-corrected chi connectivity index (χ3v) is 9.92. The van der Waals surface area contributed by atoms with Crippen LogP contribution in [0, 0.1) is 0 Å². The number of amides is 1. The van der Waals surface area contributed by atoms with E-state index in [1.807, 2.05) is 6.08 Å². The predicted octanol–water partition coefficient (Wildman–Crippen LogP) is 12.2. The second kappa shape index (κ2) is 41.3. The summed E-state index contributed by atoms with van der Waals surface area (Å²) in [5, 5.41) is 13.6. The maximum absolute atomic E-state index is 12.7. The van der Waals surface area contributed by atoms with Crippen LogP contribution in [0.3, 0.4) is 0 Å². The van der Waals surface area contributed by atoms with E-state index in [2.05, 4.69) is 92.1 Å². The Morgan fingerprint density at radius 1 is 0.618 bits per heavy atom. The molecule has 0 aromatic carbocycles. The first-order chi connectivity index (χ1) is 26.9. The molecule has 316 valence electrons. The fourth-order valence-electron chi connectivity index (χ4n) is 5.68. The molecular weight excluding hydrogens is 707 g/mol. The largest absolute Gasteiger partial charge is 0.472 e. The zero-order valence-electron chi connectivity index (χ0n) is 34.9. The van der Waals surface area contributed by atoms with Crippen LogP contribution in [-0.2, 0) is 18.4 Å². The van der Waals surface area contributed by atoms with E-state index < -0.39 is 20.0 Å². The van der Waals surface area contributed by atoms with Gasteiger partial charge in [0.25, 0.3) is 0 Å². The number of unbranched alkanes of at least 4 members (excludes halogenated alkanes) is 15. The number of carbonyl (C=O) groups excluding carboxylic acids is 1. The first-order valence-electron chi connectivity index (χ1n) is 21.7. The first kappa shape index (κ1) is 52.7. The molecule has 0 aromatic rings. The maximum atomic E-state index is 12.7. The first-order valence-corrected chi connectivity index (χ1v) is 23.2. The lowest BCUT2D eigenvalue weighted by Gasteiger charge is -2.23. The van der Waals surface area contributed by atoms with Crippen LogP contribution in [0.4, 0.5) is 0 Å². The summed E-state index contributed by atoms with van der Waals surface area (Å²) >= 11 is 0. The predicted molar refractivity (Wildman–Crippen MR) is 235 cm³/mol. The van der Waals surface area contributed by atoms with Gasteiger partial charge in [-0.2, -0.15) is 0 Å². The molecule has 0 aromatic heterocycles. The highest BCUT2D eigenvalue weighted by Crippen LogP contribution is 2.43. The lowest BCUT2D eigenvalue weighted by molar-refractivity contribution is -0.123. The third-order valence-electron chi connectivity index (χ3n) is 8.93. The number of hydrogen-bond acceptors (Lipinski definition) is 6.